The molecular weight excluding hydrogens is 250 g/mol. The Hall–Kier alpha value is -1.44. The molecule has 17 heavy (non-hydrogen) atoms. The van der Waals surface area contributed by atoms with Gasteiger partial charge in [0, 0.05) is 12.2 Å². The average Bonchev–Trinajstić information content (AvgIpc) is 2.12. The molecule has 1 aromatic carbocycles. The van der Waals surface area contributed by atoms with Gasteiger partial charge < -0.3 is 11.5 Å². The first-order chi connectivity index (χ1) is 7.57. The zero-order valence-electron chi connectivity index (χ0n) is 8.28. The standard InChI is InChI=1S/C9H8F6N2/c10-8(11,12)6-2-5(17)1-4(3-16)7(6)9(13,14)15/h1-2H,3,16-17H2. The van der Waals surface area contributed by atoms with Crippen LogP contribution in [-0.2, 0) is 18.9 Å². The molecule has 0 aliphatic heterocycles. The SMILES string of the molecule is NCc1cc(N)cc(C(F)(F)F)c1C(F)(F)F. The van der Waals surface area contributed by atoms with Crippen molar-refractivity contribution < 1.29 is 26.3 Å². The van der Waals surface area contributed by atoms with Crippen LogP contribution in [0.5, 0.6) is 0 Å². The lowest BCUT2D eigenvalue weighted by atomic mass is 9.99. The minimum atomic E-state index is -5.13. The number of benzene rings is 1. The maximum Gasteiger partial charge on any atom is 0.417 e. The Labute approximate surface area is 92.2 Å². The highest BCUT2D eigenvalue weighted by molar-refractivity contribution is 5.51. The van der Waals surface area contributed by atoms with E-state index >= 15 is 0 Å². The number of nitrogen functional groups attached to an aromatic ring is 1. The molecule has 0 aliphatic rings. The van der Waals surface area contributed by atoms with Crippen molar-refractivity contribution in [3.8, 4) is 0 Å². The molecule has 0 atom stereocenters. The van der Waals surface area contributed by atoms with Crippen molar-refractivity contribution in [3.05, 3.63) is 28.8 Å². The molecule has 2 nitrogen and oxygen atoms in total. The van der Waals surface area contributed by atoms with E-state index in [2.05, 4.69) is 0 Å². The molecule has 0 spiro atoms. The van der Waals surface area contributed by atoms with E-state index in [0.29, 0.717) is 0 Å². The highest BCUT2D eigenvalue weighted by atomic mass is 19.4. The van der Waals surface area contributed by atoms with Crippen LogP contribution in [0.25, 0.3) is 0 Å². The molecule has 0 radical (unpaired) electrons. The van der Waals surface area contributed by atoms with Gasteiger partial charge in [0.15, 0.2) is 0 Å². The number of rotatable bonds is 1. The van der Waals surface area contributed by atoms with Crippen molar-refractivity contribution >= 4 is 5.69 Å². The Balaban J connectivity index is 3.63. The number of halogens is 6. The molecule has 0 fully saturated rings. The largest absolute Gasteiger partial charge is 0.417 e. The van der Waals surface area contributed by atoms with Crippen LogP contribution in [-0.4, -0.2) is 0 Å². The van der Waals surface area contributed by atoms with Crippen LogP contribution in [0.3, 0.4) is 0 Å². The van der Waals surface area contributed by atoms with Gasteiger partial charge in [0.05, 0.1) is 11.1 Å². The summed E-state index contributed by atoms with van der Waals surface area (Å²) in [7, 11) is 0. The van der Waals surface area contributed by atoms with E-state index in [4.69, 9.17) is 11.5 Å². The Morgan fingerprint density at radius 3 is 1.82 bits per heavy atom. The third-order valence-corrected chi connectivity index (χ3v) is 2.05. The Morgan fingerprint density at radius 2 is 1.47 bits per heavy atom. The van der Waals surface area contributed by atoms with Gasteiger partial charge >= 0.3 is 12.4 Å². The van der Waals surface area contributed by atoms with E-state index in [9.17, 15) is 26.3 Å². The summed E-state index contributed by atoms with van der Waals surface area (Å²) in [6, 6.07) is 1.04. The van der Waals surface area contributed by atoms with E-state index in [1.807, 2.05) is 0 Å². The lowest BCUT2D eigenvalue weighted by Crippen LogP contribution is -2.20. The van der Waals surface area contributed by atoms with E-state index in [0.717, 1.165) is 6.07 Å². The van der Waals surface area contributed by atoms with Gasteiger partial charge in [-0.2, -0.15) is 26.3 Å². The number of hydrogen-bond acceptors (Lipinski definition) is 2. The number of nitrogens with two attached hydrogens (primary N) is 2. The highest BCUT2D eigenvalue weighted by Gasteiger charge is 2.44. The van der Waals surface area contributed by atoms with Crippen molar-refractivity contribution in [1.82, 2.24) is 0 Å². The zero-order chi connectivity index (χ0) is 13.4. The van der Waals surface area contributed by atoms with Gasteiger partial charge in [-0.05, 0) is 17.7 Å². The number of hydrogen-bond donors (Lipinski definition) is 2. The molecule has 0 saturated carbocycles. The van der Waals surface area contributed by atoms with Gasteiger partial charge in [0.1, 0.15) is 0 Å². The molecule has 0 aromatic heterocycles. The molecule has 1 aromatic rings. The molecule has 0 unspecified atom stereocenters. The van der Waals surface area contributed by atoms with Gasteiger partial charge in [0.2, 0.25) is 0 Å². The van der Waals surface area contributed by atoms with Gasteiger partial charge in [-0.25, -0.2) is 0 Å². The third-order valence-electron chi connectivity index (χ3n) is 2.05. The van der Waals surface area contributed by atoms with Crippen molar-refractivity contribution in [2.24, 2.45) is 5.73 Å². The number of alkyl halides is 6. The van der Waals surface area contributed by atoms with Crippen molar-refractivity contribution in [2.45, 2.75) is 18.9 Å². The second-order valence-corrected chi connectivity index (χ2v) is 3.30. The van der Waals surface area contributed by atoms with E-state index in [-0.39, 0.29) is 6.07 Å². The van der Waals surface area contributed by atoms with E-state index < -0.39 is 41.3 Å². The van der Waals surface area contributed by atoms with Gasteiger partial charge in [-0.3, -0.25) is 0 Å². The van der Waals surface area contributed by atoms with Crippen LogP contribution in [0.15, 0.2) is 12.1 Å². The summed E-state index contributed by atoms with van der Waals surface area (Å²) in [6.07, 6.45) is -10.3. The Morgan fingerprint density at radius 1 is 0.941 bits per heavy atom. The average molecular weight is 258 g/mol. The summed E-state index contributed by atoms with van der Waals surface area (Å²) in [6.45, 7) is -0.678. The maximum atomic E-state index is 12.6. The molecule has 1 rings (SSSR count). The van der Waals surface area contributed by atoms with Crippen molar-refractivity contribution in [2.75, 3.05) is 5.73 Å². The van der Waals surface area contributed by atoms with Crippen LogP contribution < -0.4 is 11.5 Å². The fourth-order valence-electron chi connectivity index (χ4n) is 1.45. The molecule has 0 amide bonds. The molecule has 0 aliphatic carbocycles. The second-order valence-electron chi connectivity index (χ2n) is 3.30. The molecule has 0 heterocycles. The van der Waals surface area contributed by atoms with E-state index in [1.54, 1.807) is 0 Å². The molecule has 4 N–H and O–H groups in total. The highest BCUT2D eigenvalue weighted by Crippen LogP contribution is 2.42. The van der Waals surface area contributed by atoms with Gasteiger partial charge in [-0.1, -0.05) is 0 Å². The minimum Gasteiger partial charge on any atom is -0.399 e. The maximum absolute atomic E-state index is 12.6. The topological polar surface area (TPSA) is 52.0 Å². The van der Waals surface area contributed by atoms with Crippen LogP contribution in [0, 0.1) is 0 Å². The zero-order valence-corrected chi connectivity index (χ0v) is 8.28. The first-order valence-corrected chi connectivity index (χ1v) is 4.34. The van der Waals surface area contributed by atoms with Crippen LogP contribution >= 0.6 is 0 Å². The fourth-order valence-corrected chi connectivity index (χ4v) is 1.45. The molecule has 96 valence electrons. The molecule has 8 heteroatoms. The lowest BCUT2D eigenvalue weighted by Gasteiger charge is -2.19. The van der Waals surface area contributed by atoms with Crippen molar-refractivity contribution in [1.29, 1.82) is 0 Å². The third kappa shape index (κ3) is 2.82. The molecule has 0 saturated heterocycles. The van der Waals surface area contributed by atoms with Crippen LogP contribution in [0.1, 0.15) is 16.7 Å². The first kappa shape index (κ1) is 13.6. The second kappa shape index (κ2) is 4.10. The fraction of sp³-hybridized carbons (Fsp3) is 0.333. The summed E-state index contributed by atoms with van der Waals surface area (Å²) >= 11 is 0. The minimum absolute atomic E-state index is 0.252. The van der Waals surface area contributed by atoms with Gasteiger partial charge in [0.25, 0.3) is 0 Å². The summed E-state index contributed by atoms with van der Waals surface area (Å²) in [5, 5.41) is 0. The van der Waals surface area contributed by atoms with Crippen molar-refractivity contribution in [3.63, 3.8) is 0 Å². The quantitative estimate of drug-likeness (QED) is 0.601. The molecule has 0 bridgehead atoms. The Kier molecular flexibility index (Phi) is 3.28. The molecular formula is C9H8F6N2. The van der Waals surface area contributed by atoms with Crippen LogP contribution in [0.4, 0.5) is 32.0 Å². The normalized spacial score (nSPS) is 12.9. The lowest BCUT2D eigenvalue weighted by molar-refractivity contribution is -0.162. The number of anilines is 1. The smallest absolute Gasteiger partial charge is 0.399 e. The van der Waals surface area contributed by atoms with E-state index in [1.165, 1.54) is 0 Å². The predicted octanol–water partition coefficient (Wildman–Crippen LogP) is 2.77. The first-order valence-electron chi connectivity index (χ1n) is 4.34. The van der Waals surface area contributed by atoms with Crippen LogP contribution in [0.2, 0.25) is 0 Å². The predicted molar refractivity (Wildman–Crippen MR) is 48.7 cm³/mol. The van der Waals surface area contributed by atoms with Gasteiger partial charge in [-0.15, -0.1) is 0 Å². The Bertz CT molecular complexity index is 421. The summed E-state index contributed by atoms with van der Waals surface area (Å²) in [5.74, 6) is 0. The summed E-state index contributed by atoms with van der Waals surface area (Å²) < 4.78 is 75.1. The summed E-state index contributed by atoms with van der Waals surface area (Å²) in [5.41, 5.74) is 5.45. The monoisotopic (exact) mass is 258 g/mol. The summed E-state index contributed by atoms with van der Waals surface area (Å²) in [4.78, 5) is 0.